The van der Waals surface area contributed by atoms with Gasteiger partial charge in [0.2, 0.25) is 0 Å². The minimum Gasteiger partial charge on any atom is -0.478 e. The number of hydrogen-bond acceptors (Lipinski definition) is 4. The Morgan fingerprint density at radius 3 is 2.56 bits per heavy atom. The molecule has 0 saturated heterocycles. The molecule has 3 N–H and O–H groups in total. The molecule has 0 spiro atoms. The lowest BCUT2D eigenvalue weighted by Gasteiger charge is -2.10. The van der Waals surface area contributed by atoms with E-state index in [-0.39, 0.29) is 22.3 Å². The predicted octanol–water partition coefficient (Wildman–Crippen LogP) is 0.488. The van der Waals surface area contributed by atoms with Crippen molar-refractivity contribution < 1.29 is 24.6 Å². The fourth-order valence-electron chi connectivity index (χ4n) is 1.81. The molecular weight excluding hydrogens is 238 g/mol. The second-order valence-electron chi connectivity index (χ2n) is 3.76. The summed E-state index contributed by atoms with van der Waals surface area (Å²) in [7, 11) is 0. The standard InChI is InChI=1S/C12H9NO5/c1-2-8(14)6-3-5(12(17)18)4-7-9(6)11(16)13-10(7)15/h2-4,8,14H,1H2,(H,17,18)(H,13,15,16). The van der Waals surface area contributed by atoms with Gasteiger partial charge in [0.1, 0.15) is 0 Å². The van der Waals surface area contributed by atoms with Crippen LogP contribution in [-0.2, 0) is 0 Å². The Morgan fingerprint density at radius 1 is 1.33 bits per heavy atom. The Kier molecular flexibility index (Phi) is 2.72. The normalized spacial score (nSPS) is 14.9. The largest absolute Gasteiger partial charge is 0.478 e. The van der Waals surface area contributed by atoms with E-state index in [0.29, 0.717) is 0 Å². The van der Waals surface area contributed by atoms with Crippen LogP contribution in [0, 0.1) is 0 Å². The summed E-state index contributed by atoms with van der Waals surface area (Å²) < 4.78 is 0. The lowest BCUT2D eigenvalue weighted by molar-refractivity contribution is 0.0696. The molecule has 1 aliphatic heterocycles. The summed E-state index contributed by atoms with van der Waals surface area (Å²) in [5, 5.41) is 20.7. The minimum atomic E-state index is -1.25. The SMILES string of the molecule is C=CC(O)c1cc(C(=O)O)cc2c1C(=O)NC2=O. The van der Waals surface area contributed by atoms with Crippen LogP contribution in [0.5, 0.6) is 0 Å². The van der Waals surface area contributed by atoms with Crippen LogP contribution in [0.3, 0.4) is 0 Å². The van der Waals surface area contributed by atoms with Crippen molar-refractivity contribution >= 4 is 17.8 Å². The maximum absolute atomic E-state index is 11.6. The van der Waals surface area contributed by atoms with Gasteiger partial charge in [-0.15, -0.1) is 6.58 Å². The molecule has 1 unspecified atom stereocenters. The minimum absolute atomic E-state index is 0.00241. The third kappa shape index (κ3) is 1.68. The number of aliphatic hydroxyl groups is 1. The molecule has 1 atom stereocenters. The number of carboxylic acids is 1. The Hall–Kier alpha value is -2.47. The van der Waals surface area contributed by atoms with Crippen LogP contribution >= 0.6 is 0 Å². The molecule has 1 aromatic carbocycles. The highest BCUT2D eigenvalue weighted by Crippen LogP contribution is 2.27. The first kappa shape index (κ1) is 12.0. The fraction of sp³-hybridized carbons (Fsp3) is 0.0833. The highest BCUT2D eigenvalue weighted by Gasteiger charge is 2.32. The number of fused-ring (bicyclic) bond motifs is 1. The summed E-state index contributed by atoms with van der Waals surface area (Å²) in [6, 6.07) is 2.27. The molecule has 0 aliphatic carbocycles. The van der Waals surface area contributed by atoms with Crippen molar-refractivity contribution in [2.45, 2.75) is 6.10 Å². The van der Waals surface area contributed by atoms with E-state index in [2.05, 4.69) is 11.9 Å². The van der Waals surface area contributed by atoms with Crippen LogP contribution in [0.2, 0.25) is 0 Å². The third-order valence-corrected chi connectivity index (χ3v) is 2.66. The number of nitrogens with one attached hydrogen (secondary N) is 1. The van der Waals surface area contributed by atoms with Gasteiger partial charge in [0.15, 0.2) is 0 Å². The number of carboxylic acid groups (broad SMARTS) is 1. The molecule has 1 aromatic rings. The van der Waals surface area contributed by atoms with E-state index in [9.17, 15) is 19.5 Å². The second-order valence-corrected chi connectivity index (χ2v) is 3.76. The van der Waals surface area contributed by atoms with Crippen molar-refractivity contribution in [3.63, 3.8) is 0 Å². The quantitative estimate of drug-likeness (QED) is 0.532. The van der Waals surface area contributed by atoms with Gasteiger partial charge in [-0.1, -0.05) is 6.08 Å². The lowest BCUT2D eigenvalue weighted by atomic mass is 9.95. The number of rotatable bonds is 3. The van der Waals surface area contributed by atoms with E-state index in [1.807, 2.05) is 0 Å². The van der Waals surface area contributed by atoms with Crippen LogP contribution in [0.4, 0.5) is 0 Å². The van der Waals surface area contributed by atoms with E-state index >= 15 is 0 Å². The third-order valence-electron chi connectivity index (χ3n) is 2.66. The van der Waals surface area contributed by atoms with Crippen molar-refractivity contribution in [2.24, 2.45) is 0 Å². The van der Waals surface area contributed by atoms with E-state index in [0.717, 1.165) is 18.2 Å². The predicted molar refractivity (Wildman–Crippen MR) is 60.4 cm³/mol. The van der Waals surface area contributed by atoms with Gasteiger partial charge < -0.3 is 10.2 Å². The van der Waals surface area contributed by atoms with Crippen molar-refractivity contribution in [3.8, 4) is 0 Å². The summed E-state index contributed by atoms with van der Waals surface area (Å²) in [5.41, 5.74) is -0.161. The number of hydrogen-bond donors (Lipinski definition) is 3. The van der Waals surface area contributed by atoms with Crippen LogP contribution < -0.4 is 5.32 Å². The summed E-state index contributed by atoms with van der Waals surface area (Å²) in [6.45, 7) is 3.37. The van der Waals surface area contributed by atoms with E-state index < -0.39 is 23.9 Å². The average molecular weight is 247 g/mol. The molecule has 1 heterocycles. The number of amides is 2. The van der Waals surface area contributed by atoms with Crippen molar-refractivity contribution in [1.82, 2.24) is 5.32 Å². The Labute approximate surface area is 102 Å². The highest BCUT2D eigenvalue weighted by molar-refractivity contribution is 6.22. The molecule has 2 rings (SSSR count). The number of benzene rings is 1. The van der Waals surface area contributed by atoms with Crippen molar-refractivity contribution in [2.75, 3.05) is 0 Å². The first-order valence-electron chi connectivity index (χ1n) is 5.03. The zero-order valence-electron chi connectivity index (χ0n) is 9.14. The van der Waals surface area contributed by atoms with Gasteiger partial charge in [-0.3, -0.25) is 14.9 Å². The summed E-state index contributed by atoms with van der Waals surface area (Å²) in [5.74, 6) is -2.57. The smallest absolute Gasteiger partial charge is 0.335 e. The maximum Gasteiger partial charge on any atom is 0.335 e. The number of imide groups is 1. The molecule has 1 aliphatic rings. The zero-order chi connectivity index (χ0) is 13.4. The van der Waals surface area contributed by atoms with Gasteiger partial charge in [0.25, 0.3) is 11.8 Å². The molecule has 0 bridgehead atoms. The Balaban J connectivity index is 2.75. The molecule has 0 saturated carbocycles. The molecule has 6 heteroatoms. The van der Waals surface area contributed by atoms with E-state index in [4.69, 9.17) is 5.11 Å². The van der Waals surface area contributed by atoms with E-state index in [1.54, 1.807) is 0 Å². The molecule has 6 nitrogen and oxygen atoms in total. The van der Waals surface area contributed by atoms with Crippen molar-refractivity contribution in [3.05, 3.63) is 47.0 Å². The van der Waals surface area contributed by atoms with Gasteiger partial charge in [0, 0.05) is 0 Å². The van der Waals surface area contributed by atoms with Crippen molar-refractivity contribution in [1.29, 1.82) is 0 Å². The zero-order valence-corrected chi connectivity index (χ0v) is 9.14. The molecule has 0 aromatic heterocycles. The highest BCUT2D eigenvalue weighted by atomic mass is 16.4. The number of carbonyl (C=O) groups is 3. The van der Waals surface area contributed by atoms with Crippen LogP contribution in [0.1, 0.15) is 42.7 Å². The first-order chi connectivity index (χ1) is 8.45. The number of carbonyl (C=O) groups excluding carboxylic acids is 2. The molecule has 18 heavy (non-hydrogen) atoms. The summed E-state index contributed by atoms with van der Waals surface area (Å²) in [6.07, 6.45) is -0.0631. The van der Waals surface area contributed by atoms with Crippen LogP contribution in [0.15, 0.2) is 24.8 Å². The topological polar surface area (TPSA) is 104 Å². The lowest BCUT2D eigenvalue weighted by Crippen LogP contribution is -2.20. The van der Waals surface area contributed by atoms with E-state index in [1.165, 1.54) is 0 Å². The maximum atomic E-state index is 11.6. The number of aromatic carboxylic acids is 1. The van der Waals surface area contributed by atoms with Gasteiger partial charge >= 0.3 is 5.97 Å². The van der Waals surface area contributed by atoms with Gasteiger partial charge in [-0.2, -0.15) is 0 Å². The molecule has 0 fully saturated rings. The van der Waals surface area contributed by atoms with Gasteiger partial charge in [-0.25, -0.2) is 4.79 Å². The first-order valence-corrected chi connectivity index (χ1v) is 5.03. The van der Waals surface area contributed by atoms with Crippen LogP contribution in [-0.4, -0.2) is 28.0 Å². The molecule has 92 valence electrons. The molecular formula is C12H9NO5. The average Bonchev–Trinajstić information content (AvgIpc) is 2.63. The molecule has 2 amide bonds. The summed E-state index contributed by atoms with van der Waals surface area (Å²) in [4.78, 5) is 34.0. The molecule has 0 radical (unpaired) electrons. The second kappa shape index (κ2) is 4.08. The summed E-state index contributed by atoms with van der Waals surface area (Å²) >= 11 is 0. The van der Waals surface area contributed by atoms with Crippen LogP contribution in [0.25, 0.3) is 0 Å². The fourth-order valence-corrected chi connectivity index (χ4v) is 1.81. The van der Waals surface area contributed by atoms with Gasteiger partial charge in [0.05, 0.1) is 22.8 Å². The monoisotopic (exact) mass is 247 g/mol. The Bertz CT molecular complexity index is 590. The Morgan fingerprint density at radius 2 is 2.00 bits per heavy atom. The van der Waals surface area contributed by atoms with Gasteiger partial charge in [-0.05, 0) is 17.7 Å². The number of aliphatic hydroxyl groups excluding tert-OH is 1.